The van der Waals surface area contributed by atoms with Gasteiger partial charge >= 0.3 is 11.9 Å². The molecule has 0 saturated heterocycles. The van der Waals surface area contributed by atoms with E-state index >= 15 is 0 Å². The van der Waals surface area contributed by atoms with Crippen LogP contribution in [-0.4, -0.2) is 23.5 Å². The minimum absolute atomic E-state index is 0.279. The van der Waals surface area contributed by atoms with Crippen LogP contribution in [0.25, 0.3) is 21.7 Å². The lowest BCUT2D eigenvalue weighted by atomic mass is 9.99. The van der Waals surface area contributed by atoms with E-state index < -0.39 is 11.9 Å². The lowest BCUT2D eigenvalue weighted by Gasteiger charge is -2.12. The molecule has 0 saturated carbocycles. The number of aromatic amines is 1. The summed E-state index contributed by atoms with van der Waals surface area (Å²) < 4.78 is 11.2. The van der Waals surface area contributed by atoms with Crippen LogP contribution < -0.4 is 4.74 Å². The molecule has 124 valence electrons. The second kappa shape index (κ2) is 6.28. The Morgan fingerprint density at radius 1 is 1.21 bits per heavy atom. The molecule has 0 aliphatic rings. The first-order valence-corrected chi connectivity index (χ1v) is 8.33. The molecule has 1 N–H and O–H groups in total. The number of aromatic nitrogens is 1. The Balaban J connectivity index is 2.46. The summed E-state index contributed by atoms with van der Waals surface area (Å²) in [4.78, 5) is 27.1. The van der Waals surface area contributed by atoms with Crippen LogP contribution >= 0.6 is 15.9 Å². The molecule has 6 heteroatoms. The Kier molecular flexibility index (Phi) is 4.32. The van der Waals surface area contributed by atoms with E-state index in [4.69, 9.17) is 9.47 Å². The molecule has 2 aromatic carbocycles. The summed E-state index contributed by atoms with van der Waals surface area (Å²) in [6.07, 6.45) is 0. The van der Waals surface area contributed by atoms with Gasteiger partial charge in [-0.15, -0.1) is 0 Å². The molecule has 0 aliphatic heterocycles. The fourth-order valence-corrected chi connectivity index (χ4v) is 3.49. The van der Waals surface area contributed by atoms with E-state index in [-0.39, 0.29) is 6.61 Å². The van der Waals surface area contributed by atoms with Crippen LogP contribution in [0, 0.1) is 6.92 Å². The quantitative estimate of drug-likeness (QED) is 0.529. The van der Waals surface area contributed by atoms with E-state index in [1.807, 2.05) is 31.2 Å². The van der Waals surface area contributed by atoms with Crippen LogP contribution in [-0.2, 0) is 9.53 Å². The van der Waals surface area contributed by atoms with Gasteiger partial charge in [0.25, 0.3) is 0 Å². The number of fused-ring (bicyclic) bond motifs is 3. The number of nitrogens with one attached hydrogen (secondary N) is 1. The van der Waals surface area contributed by atoms with Gasteiger partial charge in [0, 0.05) is 28.6 Å². The fourth-order valence-electron chi connectivity index (χ4n) is 2.93. The number of halogens is 1. The molecule has 0 atom stereocenters. The van der Waals surface area contributed by atoms with Gasteiger partial charge in [0.15, 0.2) is 0 Å². The monoisotopic (exact) mass is 389 g/mol. The molecule has 1 aromatic heterocycles. The van der Waals surface area contributed by atoms with Crippen molar-refractivity contribution in [3.8, 4) is 5.75 Å². The van der Waals surface area contributed by atoms with Crippen LogP contribution in [0.4, 0.5) is 0 Å². The van der Waals surface area contributed by atoms with E-state index in [1.165, 1.54) is 6.92 Å². The van der Waals surface area contributed by atoms with Crippen molar-refractivity contribution in [1.82, 2.24) is 4.98 Å². The normalized spacial score (nSPS) is 11.0. The minimum Gasteiger partial charge on any atom is -0.462 e. The summed E-state index contributed by atoms with van der Waals surface area (Å²) in [5.41, 5.74) is 1.92. The Morgan fingerprint density at radius 2 is 1.88 bits per heavy atom. The Morgan fingerprint density at radius 3 is 2.50 bits per heavy atom. The first-order valence-electron chi connectivity index (χ1n) is 7.53. The van der Waals surface area contributed by atoms with Crippen LogP contribution in [0.2, 0.25) is 0 Å². The van der Waals surface area contributed by atoms with Crippen LogP contribution in [0.5, 0.6) is 5.75 Å². The first kappa shape index (κ1) is 16.5. The highest BCUT2D eigenvalue weighted by molar-refractivity contribution is 9.10. The zero-order chi connectivity index (χ0) is 17.4. The van der Waals surface area contributed by atoms with Crippen LogP contribution in [0.15, 0.2) is 28.9 Å². The SMILES string of the molecule is CCOC(=O)c1c(Br)[nH]c2c1c(C)c(OC(C)=O)c1ccccc12. The molecular weight excluding hydrogens is 374 g/mol. The lowest BCUT2D eigenvalue weighted by Crippen LogP contribution is -2.07. The van der Waals surface area contributed by atoms with E-state index in [2.05, 4.69) is 20.9 Å². The minimum atomic E-state index is -0.428. The summed E-state index contributed by atoms with van der Waals surface area (Å²) in [5.74, 6) is -0.375. The molecule has 0 unspecified atom stereocenters. The molecule has 3 rings (SSSR count). The second-order valence-electron chi connectivity index (χ2n) is 5.38. The Labute approximate surface area is 147 Å². The number of carbonyl (C=O) groups excluding carboxylic acids is 2. The summed E-state index contributed by atoms with van der Waals surface area (Å²) in [5, 5.41) is 2.36. The molecule has 1 heterocycles. The van der Waals surface area contributed by atoms with Gasteiger partial charge in [0.2, 0.25) is 0 Å². The highest BCUT2D eigenvalue weighted by Crippen LogP contribution is 2.41. The summed E-state index contributed by atoms with van der Waals surface area (Å²) in [6, 6.07) is 7.58. The number of benzene rings is 2. The molecule has 5 nitrogen and oxygen atoms in total. The van der Waals surface area contributed by atoms with E-state index in [9.17, 15) is 9.59 Å². The number of hydrogen-bond donors (Lipinski definition) is 1. The number of rotatable bonds is 3. The van der Waals surface area contributed by atoms with Gasteiger partial charge in [0.1, 0.15) is 11.3 Å². The molecule has 0 fully saturated rings. The number of esters is 2. The van der Waals surface area contributed by atoms with E-state index in [1.54, 1.807) is 6.92 Å². The highest BCUT2D eigenvalue weighted by atomic mass is 79.9. The van der Waals surface area contributed by atoms with E-state index in [0.29, 0.717) is 26.9 Å². The first-order chi connectivity index (χ1) is 11.5. The molecule has 0 amide bonds. The van der Waals surface area contributed by atoms with Crippen molar-refractivity contribution in [3.63, 3.8) is 0 Å². The number of aryl methyl sites for hydroxylation is 1. The molecule has 0 bridgehead atoms. The number of hydrogen-bond acceptors (Lipinski definition) is 4. The third kappa shape index (κ3) is 2.57. The zero-order valence-corrected chi connectivity index (χ0v) is 15.1. The number of ether oxygens (including phenoxy) is 2. The average molecular weight is 390 g/mol. The largest absolute Gasteiger partial charge is 0.462 e. The maximum Gasteiger partial charge on any atom is 0.341 e. The summed E-state index contributed by atoms with van der Waals surface area (Å²) >= 11 is 3.41. The van der Waals surface area contributed by atoms with Crippen molar-refractivity contribution in [3.05, 3.63) is 40.0 Å². The zero-order valence-electron chi connectivity index (χ0n) is 13.5. The standard InChI is InChI=1S/C18H16BrNO4/c1-4-23-18(22)14-13-9(2)16(24-10(3)21)12-8-6-5-7-11(12)15(13)20-17(14)19/h5-8,20H,4H2,1-3H3. The molecule has 0 spiro atoms. The maximum atomic E-state index is 12.4. The molecular formula is C18H16BrNO4. The third-order valence-corrected chi connectivity index (χ3v) is 4.43. The van der Waals surface area contributed by atoms with Crippen molar-refractivity contribution in [2.24, 2.45) is 0 Å². The van der Waals surface area contributed by atoms with Crippen molar-refractivity contribution in [2.45, 2.75) is 20.8 Å². The Hall–Kier alpha value is -2.34. The van der Waals surface area contributed by atoms with Crippen molar-refractivity contribution < 1.29 is 19.1 Å². The Bertz CT molecular complexity index is 974. The van der Waals surface area contributed by atoms with Crippen LogP contribution in [0.1, 0.15) is 29.8 Å². The predicted molar refractivity (Wildman–Crippen MR) is 95.5 cm³/mol. The van der Waals surface area contributed by atoms with Gasteiger partial charge in [-0.1, -0.05) is 24.3 Å². The lowest BCUT2D eigenvalue weighted by molar-refractivity contribution is -0.131. The second-order valence-corrected chi connectivity index (χ2v) is 6.17. The van der Waals surface area contributed by atoms with Gasteiger partial charge in [-0.3, -0.25) is 4.79 Å². The van der Waals surface area contributed by atoms with Gasteiger partial charge in [-0.05, 0) is 29.8 Å². The van der Waals surface area contributed by atoms with E-state index in [0.717, 1.165) is 16.3 Å². The predicted octanol–water partition coefficient (Wildman–Crippen LogP) is 4.49. The fraction of sp³-hybridized carbons (Fsp3) is 0.222. The van der Waals surface area contributed by atoms with Gasteiger partial charge in [0.05, 0.1) is 16.7 Å². The molecule has 3 aromatic rings. The smallest absolute Gasteiger partial charge is 0.341 e. The molecule has 24 heavy (non-hydrogen) atoms. The topological polar surface area (TPSA) is 68.4 Å². The molecule has 0 aliphatic carbocycles. The van der Waals surface area contributed by atoms with Crippen molar-refractivity contribution in [2.75, 3.05) is 6.61 Å². The third-order valence-electron chi connectivity index (χ3n) is 3.84. The highest BCUT2D eigenvalue weighted by Gasteiger charge is 2.24. The van der Waals surface area contributed by atoms with Gasteiger partial charge < -0.3 is 14.5 Å². The van der Waals surface area contributed by atoms with Gasteiger partial charge in [-0.2, -0.15) is 0 Å². The number of H-pyrrole nitrogens is 1. The number of carbonyl (C=O) groups is 2. The van der Waals surface area contributed by atoms with Crippen LogP contribution in [0.3, 0.4) is 0 Å². The van der Waals surface area contributed by atoms with Crippen molar-refractivity contribution >= 4 is 49.5 Å². The summed E-state index contributed by atoms with van der Waals surface area (Å²) in [7, 11) is 0. The van der Waals surface area contributed by atoms with Gasteiger partial charge in [-0.25, -0.2) is 4.79 Å². The summed E-state index contributed by atoms with van der Waals surface area (Å²) in [6.45, 7) is 5.22. The van der Waals surface area contributed by atoms with Crippen molar-refractivity contribution in [1.29, 1.82) is 0 Å². The maximum absolute atomic E-state index is 12.4. The average Bonchev–Trinajstić information content (AvgIpc) is 2.89. The molecule has 0 radical (unpaired) electrons.